The summed E-state index contributed by atoms with van der Waals surface area (Å²) in [5.41, 5.74) is 12.4. The van der Waals surface area contributed by atoms with Crippen molar-refractivity contribution in [2.45, 2.75) is 62.1 Å². The maximum Gasteiger partial charge on any atom is 0.405 e. The Hall–Kier alpha value is -6.20. The summed E-state index contributed by atoms with van der Waals surface area (Å²) in [5, 5.41) is 0.675. The molecule has 2 aliphatic heterocycles. The molecule has 0 spiro atoms. The number of halogens is 1. The first-order chi connectivity index (χ1) is 27.8. The number of nitrogens with two attached hydrogens (primary N) is 1. The number of ether oxygens (including phenoxy) is 1. The summed E-state index contributed by atoms with van der Waals surface area (Å²) in [7, 11) is 0. The standard InChI is InChI=1S/C45H42ClN7O4/c46-34-20-18-33(19-21-34)45(22-23-45)43(55)53-25-5-9-38(53)41-49-27-36(51-41)31-16-12-29(13-17-31)28-10-14-30(15-11-28)35-26-48-40(50-35)37-8-4-24-52(37)42(54)39(57-44(47)56)32-6-2-1-3-7-32/h1-3,6-7,10-21,26-27,37-39H,4-5,8-9,22-25H2,(H2,47,56)(H,48,50)(H,49,51)/t37-,38-,39+/m0/s1. The smallest absolute Gasteiger partial charge is 0.405 e. The largest absolute Gasteiger partial charge is 0.431 e. The van der Waals surface area contributed by atoms with Gasteiger partial charge >= 0.3 is 6.09 Å². The quantitative estimate of drug-likeness (QED) is 0.127. The van der Waals surface area contributed by atoms with Gasteiger partial charge in [0.1, 0.15) is 11.6 Å². The van der Waals surface area contributed by atoms with Crippen LogP contribution in [-0.4, -0.2) is 60.7 Å². The third kappa shape index (κ3) is 7.08. The lowest BCUT2D eigenvalue weighted by Gasteiger charge is -2.28. The van der Waals surface area contributed by atoms with Crippen molar-refractivity contribution in [2.75, 3.05) is 13.1 Å². The van der Waals surface area contributed by atoms with Gasteiger partial charge in [0.25, 0.3) is 5.91 Å². The number of H-pyrrole nitrogens is 2. The lowest BCUT2D eigenvalue weighted by molar-refractivity contribution is -0.141. The number of primary amides is 1. The Kier molecular flexibility index (Phi) is 9.61. The van der Waals surface area contributed by atoms with E-state index in [4.69, 9.17) is 27.1 Å². The van der Waals surface area contributed by atoms with Gasteiger partial charge in [0.05, 0.1) is 41.3 Å². The number of amides is 3. The molecule has 1 saturated carbocycles. The minimum Gasteiger partial charge on any atom is -0.431 e. The van der Waals surface area contributed by atoms with E-state index >= 15 is 0 Å². The topological polar surface area (TPSA) is 150 Å². The van der Waals surface area contributed by atoms with Crippen LogP contribution in [0.15, 0.2) is 116 Å². The molecule has 0 unspecified atom stereocenters. The lowest BCUT2D eigenvalue weighted by atomic mass is 9.94. The highest BCUT2D eigenvalue weighted by Gasteiger charge is 2.54. The molecule has 11 nitrogen and oxygen atoms in total. The minimum absolute atomic E-state index is 0.0748. The number of rotatable bonds is 10. The van der Waals surface area contributed by atoms with Crippen LogP contribution in [0.4, 0.5) is 4.79 Å². The molecule has 4 aromatic carbocycles. The van der Waals surface area contributed by atoms with Gasteiger partial charge in [-0.2, -0.15) is 0 Å². The molecule has 4 N–H and O–H groups in total. The van der Waals surface area contributed by atoms with Gasteiger partial charge in [-0.1, -0.05) is 103 Å². The van der Waals surface area contributed by atoms with Crippen LogP contribution in [0.2, 0.25) is 5.02 Å². The zero-order valence-electron chi connectivity index (χ0n) is 31.2. The van der Waals surface area contributed by atoms with Crippen LogP contribution in [0.3, 0.4) is 0 Å². The lowest BCUT2D eigenvalue weighted by Crippen LogP contribution is -2.39. The maximum absolute atomic E-state index is 13.9. The molecular formula is C45H42ClN7O4. The summed E-state index contributed by atoms with van der Waals surface area (Å²) in [6.07, 6.45) is 6.60. The molecule has 1 aliphatic carbocycles. The second-order valence-corrected chi connectivity index (χ2v) is 15.6. The molecule has 3 amide bonds. The molecule has 0 bridgehead atoms. The van der Waals surface area contributed by atoms with Crippen LogP contribution in [-0.2, 0) is 19.7 Å². The number of imidazole rings is 2. The molecule has 3 aliphatic rings. The van der Waals surface area contributed by atoms with Crippen molar-refractivity contribution >= 4 is 29.5 Å². The van der Waals surface area contributed by atoms with E-state index in [9.17, 15) is 14.4 Å². The number of carbonyl (C=O) groups excluding carboxylic acids is 3. The number of benzene rings is 4. The van der Waals surface area contributed by atoms with E-state index in [0.717, 1.165) is 90.1 Å². The molecule has 3 fully saturated rings. The summed E-state index contributed by atoms with van der Waals surface area (Å²) in [6.45, 7) is 1.25. The minimum atomic E-state index is -1.13. The normalized spacial score (nSPS) is 19.0. The molecular weight excluding hydrogens is 738 g/mol. The van der Waals surface area contributed by atoms with Crippen molar-refractivity contribution in [1.82, 2.24) is 29.7 Å². The van der Waals surface area contributed by atoms with Gasteiger partial charge in [0, 0.05) is 23.7 Å². The van der Waals surface area contributed by atoms with Crippen molar-refractivity contribution < 1.29 is 19.1 Å². The second kappa shape index (κ2) is 15.0. The Labute approximate surface area is 335 Å². The zero-order valence-corrected chi connectivity index (χ0v) is 32.0. The molecule has 57 heavy (non-hydrogen) atoms. The first-order valence-corrected chi connectivity index (χ1v) is 19.8. The van der Waals surface area contributed by atoms with Gasteiger partial charge < -0.3 is 30.2 Å². The van der Waals surface area contributed by atoms with Crippen molar-refractivity contribution in [3.05, 3.63) is 143 Å². The fourth-order valence-corrected chi connectivity index (χ4v) is 8.68. The van der Waals surface area contributed by atoms with E-state index in [-0.39, 0.29) is 23.9 Å². The van der Waals surface area contributed by atoms with Crippen LogP contribution >= 0.6 is 11.6 Å². The molecule has 3 atom stereocenters. The highest BCUT2D eigenvalue weighted by atomic mass is 35.5. The van der Waals surface area contributed by atoms with Crippen LogP contribution in [0.5, 0.6) is 0 Å². The van der Waals surface area contributed by atoms with Crippen LogP contribution in [0.25, 0.3) is 33.6 Å². The van der Waals surface area contributed by atoms with Gasteiger partial charge in [-0.25, -0.2) is 14.8 Å². The van der Waals surface area contributed by atoms with E-state index in [1.54, 1.807) is 35.4 Å². The number of nitrogens with zero attached hydrogens (tertiary/aromatic N) is 4. The van der Waals surface area contributed by atoms with Gasteiger partial charge in [-0.3, -0.25) is 9.59 Å². The summed E-state index contributed by atoms with van der Waals surface area (Å²) in [6, 6.07) is 32.9. The molecule has 2 saturated heterocycles. The SMILES string of the molecule is NC(=O)O[C@@H](C(=O)N1CCC[C@H]1c1ncc(-c2ccc(-c3ccc(-c4cnc([C@@H]5CCCN5C(=O)C5(c6ccc(Cl)cc6)CC5)[nH]4)cc3)cc2)[nH]1)c1ccccc1. The number of nitrogens with one attached hydrogen (secondary N) is 2. The third-order valence-corrected chi connectivity index (χ3v) is 12.0. The Morgan fingerprint density at radius 3 is 1.74 bits per heavy atom. The first-order valence-electron chi connectivity index (χ1n) is 19.5. The fraction of sp³-hybridized carbons (Fsp3) is 0.267. The van der Waals surface area contributed by atoms with Gasteiger partial charge in [0.2, 0.25) is 12.0 Å². The Morgan fingerprint density at radius 2 is 1.21 bits per heavy atom. The summed E-state index contributed by atoms with van der Waals surface area (Å²) in [4.78, 5) is 59.5. The Morgan fingerprint density at radius 1 is 0.702 bits per heavy atom. The third-order valence-electron chi connectivity index (χ3n) is 11.7. The van der Waals surface area contributed by atoms with Crippen molar-refractivity contribution in [3.8, 4) is 33.6 Å². The molecule has 4 heterocycles. The summed E-state index contributed by atoms with van der Waals surface area (Å²) >= 11 is 6.14. The first kappa shape index (κ1) is 36.4. The monoisotopic (exact) mass is 779 g/mol. The van der Waals surface area contributed by atoms with Crippen molar-refractivity contribution in [2.24, 2.45) is 5.73 Å². The molecule has 288 valence electrons. The molecule has 12 heteroatoms. The number of aromatic nitrogens is 4. The zero-order chi connectivity index (χ0) is 39.1. The highest BCUT2D eigenvalue weighted by Crippen LogP contribution is 2.51. The molecule has 6 aromatic rings. The Balaban J connectivity index is 0.859. The number of hydrogen-bond donors (Lipinski definition) is 3. The number of likely N-dealkylation sites (tertiary alicyclic amines) is 2. The highest BCUT2D eigenvalue weighted by molar-refractivity contribution is 6.30. The van der Waals surface area contributed by atoms with E-state index in [1.807, 2.05) is 41.4 Å². The van der Waals surface area contributed by atoms with Gasteiger partial charge in [-0.15, -0.1) is 0 Å². The summed E-state index contributed by atoms with van der Waals surface area (Å²) < 4.78 is 5.30. The predicted molar refractivity (Wildman–Crippen MR) is 217 cm³/mol. The van der Waals surface area contributed by atoms with Crippen LogP contribution < -0.4 is 5.73 Å². The maximum atomic E-state index is 13.9. The number of carbonyl (C=O) groups is 3. The van der Waals surface area contributed by atoms with Crippen molar-refractivity contribution in [1.29, 1.82) is 0 Å². The molecule has 2 aromatic heterocycles. The van der Waals surface area contributed by atoms with Gasteiger partial charge in [-0.05, 0) is 78.5 Å². The van der Waals surface area contributed by atoms with Crippen LogP contribution in [0, 0.1) is 0 Å². The predicted octanol–water partition coefficient (Wildman–Crippen LogP) is 8.68. The van der Waals surface area contributed by atoms with E-state index in [0.29, 0.717) is 23.0 Å². The molecule has 9 rings (SSSR count). The Bertz CT molecular complexity index is 2410. The van der Waals surface area contributed by atoms with E-state index in [1.165, 1.54) is 0 Å². The van der Waals surface area contributed by atoms with E-state index in [2.05, 4.69) is 63.5 Å². The van der Waals surface area contributed by atoms with Crippen molar-refractivity contribution in [3.63, 3.8) is 0 Å². The molecule has 0 radical (unpaired) electrons. The number of aromatic amines is 2. The van der Waals surface area contributed by atoms with Crippen LogP contribution in [0.1, 0.15) is 79.5 Å². The average molecular weight is 780 g/mol. The summed E-state index contributed by atoms with van der Waals surface area (Å²) in [5.74, 6) is 1.37. The van der Waals surface area contributed by atoms with Gasteiger partial charge in [0.15, 0.2) is 0 Å². The number of hydrogen-bond acceptors (Lipinski definition) is 6. The average Bonchev–Trinajstić information content (AvgIpc) is 3.78. The fourth-order valence-electron chi connectivity index (χ4n) is 8.55. The van der Waals surface area contributed by atoms with E-state index < -0.39 is 17.6 Å². The second-order valence-electron chi connectivity index (χ2n) is 15.2.